The lowest BCUT2D eigenvalue weighted by Crippen LogP contribution is -2.60. The second-order valence-electron chi connectivity index (χ2n) is 6.81. The summed E-state index contributed by atoms with van der Waals surface area (Å²) >= 11 is 0. The van der Waals surface area contributed by atoms with Crippen LogP contribution in [-0.2, 0) is 4.74 Å². The predicted octanol–water partition coefficient (Wildman–Crippen LogP) is 2.78. The molecule has 3 heteroatoms. The van der Waals surface area contributed by atoms with Crippen molar-refractivity contribution in [1.82, 2.24) is 4.90 Å². The van der Waals surface area contributed by atoms with E-state index < -0.39 is 0 Å². The first-order valence-corrected chi connectivity index (χ1v) is 8.16. The maximum Gasteiger partial charge on any atom is 0.0590 e. The molecule has 0 amide bonds. The minimum Gasteiger partial charge on any atom is -0.378 e. The molecule has 1 saturated heterocycles. The van der Waals surface area contributed by atoms with Crippen LogP contribution >= 0.6 is 0 Å². The average molecular weight is 268 g/mol. The molecule has 2 fully saturated rings. The van der Waals surface area contributed by atoms with Crippen molar-refractivity contribution >= 4 is 0 Å². The van der Waals surface area contributed by atoms with Crippen LogP contribution in [0.1, 0.15) is 58.8 Å². The van der Waals surface area contributed by atoms with Crippen LogP contribution in [0, 0.1) is 5.92 Å². The highest BCUT2D eigenvalue weighted by atomic mass is 16.5. The van der Waals surface area contributed by atoms with E-state index in [1.807, 2.05) is 0 Å². The summed E-state index contributed by atoms with van der Waals surface area (Å²) in [5.74, 6) is 0.913. The molecule has 0 bridgehead atoms. The molecule has 0 radical (unpaired) electrons. The summed E-state index contributed by atoms with van der Waals surface area (Å²) in [6.45, 7) is 6.26. The van der Waals surface area contributed by atoms with Crippen molar-refractivity contribution in [3.8, 4) is 0 Å². The van der Waals surface area contributed by atoms with Crippen LogP contribution in [0.15, 0.2) is 0 Å². The molecule has 0 spiro atoms. The first-order chi connectivity index (χ1) is 9.11. The van der Waals surface area contributed by atoms with Crippen molar-refractivity contribution in [1.29, 1.82) is 0 Å². The Morgan fingerprint density at radius 2 is 1.95 bits per heavy atom. The van der Waals surface area contributed by atoms with Crippen LogP contribution in [0.2, 0.25) is 0 Å². The molecule has 0 aromatic carbocycles. The van der Waals surface area contributed by atoms with E-state index in [-0.39, 0.29) is 5.54 Å². The summed E-state index contributed by atoms with van der Waals surface area (Å²) in [7, 11) is 2.31. The molecular formula is C16H32N2O. The largest absolute Gasteiger partial charge is 0.378 e. The van der Waals surface area contributed by atoms with Gasteiger partial charge in [0.15, 0.2) is 0 Å². The van der Waals surface area contributed by atoms with E-state index in [4.69, 9.17) is 10.5 Å². The van der Waals surface area contributed by atoms with Gasteiger partial charge in [0, 0.05) is 24.7 Å². The molecule has 2 rings (SSSR count). The molecule has 2 atom stereocenters. The second-order valence-corrected chi connectivity index (χ2v) is 6.81. The minimum atomic E-state index is 0.185. The van der Waals surface area contributed by atoms with Gasteiger partial charge in [0.05, 0.1) is 6.10 Å². The molecule has 0 aromatic heterocycles. The Bertz CT molecular complexity index is 276. The lowest BCUT2D eigenvalue weighted by Gasteiger charge is -2.50. The fourth-order valence-electron chi connectivity index (χ4n) is 3.93. The highest BCUT2D eigenvalue weighted by molar-refractivity contribution is 4.98. The highest BCUT2D eigenvalue weighted by Crippen LogP contribution is 2.36. The van der Waals surface area contributed by atoms with E-state index >= 15 is 0 Å². The molecule has 2 N–H and O–H groups in total. The Morgan fingerprint density at radius 1 is 1.26 bits per heavy atom. The molecule has 1 saturated carbocycles. The second kappa shape index (κ2) is 6.55. The first-order valence-electron chi connectivity index (χ1n) is 8.16. The van der Waals surface area contributed by atoms with Crippen LogP contribution < -0.4 is 5.73 Å². The lowest BCUT2D eigenvalue weighted by atomic mass is 9.80. The van der Waals surface area contributed by atoms with Gasteiger partial charge in [-0.3, -0.25) is 4.90 Å². The quantitative estimate of drug-likeness (QED) is 0.852. The van der Waals surface area contributed by atoms with Gasteiger partial charge in [0.1, 0.15) is 0 Å². The van der Waals surface area contributed by atoms with E-state index in [0.717, 1.165) is 44.4 Å². The minimum absolute atomic E-state index is 0.185. The topological polar surface area (TPSA) is 38.5 Å². The van der Waals surface area contributed by atoms with Crippen molar-refractivity contribution in [3.63, 3.8) is 0 Å². The predicted molar refractivity (Wildman–Crippen MR) is 80.2 cm³/mol. The Labute approximate surface area is 118 Å². The van der Waals surface area contributed by atoms with Crippen LogP contribution in [0.5, 0.6) is 0 Å². The Morgan fingerprint density at radius 3 is 2.53 bits per heavy atom. The molecule has 2 unspecified atom stereocenters. The zero-order valence-electron chi connectivity index (χ0n) is 13.0. The summed E-state index contributed by atoms with van der Waals surface area (Å²) < 4.78 is 5.86. The summed E-state index contributed by atoms with van der Waals surface area (Å²) in [5.41, 5.74) is 6.38. The molecule has 19 heavy (non-hydrogen) atoms. The van der Waals surface area contributed by atoms with E-state index in [1.54, 1.807) is 0 Å². The smallest absolute Gasteiger partial charge is 0.0590 e. The van der Waals surface area contributed by atoms with Gasteiger partial charge in [-0.1, -0.05) is 13.8 Å². The summed E-state index contributed by atoms with van der Waals surface area (Å²) in [4.78, 5) is 2.63. The van der Waals surface area contributed by atoms with E-state index in [1.165, 1.54) is 25.7 Å². The number of hydrogen-bond donors (Lipinski definition) is 1. The first kappa shape index (κ1) is 15.3. The van der Waals surface area contributed by atoms with Crippen molar-refractivity contribution in [3.05, 3.63) is 0 Å². The van der Waals surface area contributed by atoms with E-state index in [9.17, 15) is 0 Å². The summed E-state index contributed by atoms with van der Waals surface area (Å²) in [5, 5.41) is 0. The third kappa shape index (κ3) is 3.32. The maximum atomic E-state index is 6.19. The highest BCUT2D eigenvalue weighted by Gasteiger charge is 2.41. The SMILES string of the molecule is CCC1CC(CN)(N(C)C2CCC(C)CC2)CCO1. The fraction of sp³-hybridized carbons (Fsp3) is 1.00. The van der Waals surface area contributed by atoms with Gasteiger partial charge >= 0.3 is 0 Å². The van der Waals surface area contributed by atoms with Gasteiger partial charge < -0.3 is 10.5 Å². The number of nitrogens with two attached hydrogens (primary N) is 1. The summed E-state index contributed by atoms with van der Waals surface area (Å²) in [6.07, 6.45) is 9.17. The van der Waals surface area contributed by atoms with Crippen LogP contribution in [0.25, 0.3) is 0 Å². The van der Waals surface area contributed by atoms with Crippen LogP contribution in [0.3, 0.4) is 0 Å². The Hall–Kier alpha value is -0.120. The molecular weight excluding hydrogens is 236 g/mol. The third-order valence-electron chi connectivity index (χ3n) is 5.65. The van der Waals surface area contributed by atoms with Gasteiger partial charge in [0.25, 0.3) is 0 Å². The van der Waals surface area contributed by atoms with Crippen molar-refractivity contribution in [2.75, 3.05) is 20.2 Å². The monoisotopic (exact) mass is 268 g/mol. The van der Waals surface area contributed by atoms with Crippen molar-refractivity contribution < 1.29 is 4.74 Å². The molecule has 1 aliphatic heterocycles. The standard InChI is InChI=1S/C16H32N2O/c1-4-15-11-16(12-17,9-10-19-15)18(3)14-7-5-13(2)6-8-14/h13-15H,4-12,17H2,1-3H3. The van der Waals surface area contributed by atoms with E-state index in [0.29, 0.717) is 6.10 Å². The number of hydrogen-bond acceptors (Lipinski definition) is 3. The van der Waals surface area contributed by atoms with Gasteiger partial charge in [-0.05, 0) is 57.9 Å². The number of nitrogens with zero attached hydrogens (tertiary/aromatic N) is 1. The van der Waals surface area contributed by atoms with Crippen molar-refractivity contribution in [2.24, 2.45) is 11.7 Å². The van der Waals surface area contributed by atoms with Crippen LogP contribution in [0.4, 0.5) is 0 Å². The van der Waals surface area contributed by atoms with Crippen molar-refractivity contribution in [2.45, 2.75) is 76.5 Å². The summed E-state index contributed by atoms with van der Waals surface area (Å²) in [6, 6.07) is 0.732. The molecule has 1 heterocycles. The van der Waals surface area contributed by atoms with E-state index in [2.05, 4.69) is 25.8 Å². The zero-order chi connectivity index (χ0) is 13.9. The Balaban J connectivity index is 2.03. The number of rotatable bonds is 4. The zero-order valence-corrected chi connectivity index (χ0v) is 13.0. The maximum absolute atomic E-state index is 6.19. The van der Waals surface area contributed by atoms with Gasteiger partial charge in [-0.2, -0.15) is 0 Å². The molecule has 3 nitrogen and oxygen atoms in total. The van der Waals surface area contributed by atoms with Crippen LogP contribution in [-0.4, -0.2) is 42.8 Å². The molecule has 2 aliphatic rings. The normalized spacial score (nSPS) is 40.6. The molecule has 112 valence electrons. The third-order valence-corrected chi connectivity index (χ3v) is 5.65. The molecule has 1 aliphatic carbocycles. The number of ether oxygens (including phenoxy) is 1. The average Bonchev–Trinajstić information content (AvgIpc) is 2.47. The lowest BCUT2D eigenvalue weighted by molar-refractivity contribution is -0.0806. The van der Waals surface area contributed by atoms with Gasteiger partial charge in [-0.25, -0.2) is 0 Å². The number of likely N-dealkylation sites (N-methyl/N-ethyl adjacent to an activating group) is 1. The Kier molecular flexibility index (Phi) is 5.27. The van der Waals surface area contributed by atoms with Gasteiger partial charge in [-0.15, -0.1) is 0 Å². The van der Waals surface area contributed by atoms with Gasteiger partial charge in [0.2, 0.25) is 0 Å². The molecule has 0 aromatic rings. The fourth-order valence-corrected chi connectivity index (χ4v) is 3.93.